The molecule has 2 aromatic rings. The SMILES string of the molecule is Cc1noc([C@@H]2CC[C@H]3[C@H](CCN3Cc3ccc(C)o3)O2)n1. The van der Waals surface area contributed by atoms with Crippen molar-refractivity contribution < 1.29 is 13.7 Å². The molecule has 2 fully saturated rings. The predicted octanol–water partition coefficient (Wildman–Crippen LogP) is 2.77. The highest BCUT2D eigenvalue weighted by Gasteiger charge is 2.41. The molecule has 6 heteroatoms. The summed E-state index contributed by atoms with van der Waals surface area (Å²) in [7, 11) is 0. The third-order valence-corrected chi connectivity index (χ3v) is 4.64. The van der Waals surface area contributed by atoms with Crippen LogP contribution in [0.2, 0.25) is 0 Å². The van der Waals surface area contributed by atoms with E-state index in [9.17, 15) is 0 Å². The van der Waals surface area contributed by atoms with Crippen molar-refractivity contribution in [3.8, 4) is 0 Å². The molecule has 0 unspecified atom stereocenters. The first kappa shape index (κ1) is 14.0. The second-order valence-electron chi connectivity index (χ2n) is 6.26. The molecule has 0 bridgehead atoms. The van der Waals surface area contributed by atoms with Crippen LogP contribution in [0.4, 0.5) is 0 Å². The Morgan fingerprint density at radius 2 is 2.14 bits per heavy atom. The average Bonchev–Trinajstić information content (AvgIpc) is 3.21. The minimum atomic E-state index is -0.0479. The summed E-state index contributed by atoms with van der Waals surface area (Å²) in [4.78, 5) is 6.78. The number of aromatic nitrogens is 2. The summed E-state index contributed by atoms with van der Waals surface area (Å²) < 4.78 is 17.2. The van der Waals surface area contributed by atoms with Crippen LogP contribution < -0.4 is 0 Å². The summed E-state index contributed by atoms with van der Waals surface area (Å²) in [5, 5.41) is 3.86. The number of hydrogen-bond acceptors (Lipinski definition) is 6. The van der Waals surface area contributed by atoms with Crippen LogP contribution in [0.15, 0.2) is 21.1 Å². The van der Waals surface area contributed by atoms with Gasteiger partial charge in [-0.05, 0) is 45.2 Å². The molecular weight excluding hydrogens is 282 g/mol. The molecule has 0 radical (unpaired) electrons. The monoisotopic (exact) mass is 303 g/mol. The molecule has 0 spiro atoms. The zero-order valence-corrected chi connectivity index (χ0v) is 13.0. The van der Waals surface area contributed by atoms with E-state index in [-0.39, 0.29) is 12.2 Å². The second-order valence-corrected chi connectivity index (χ2v) is 6.26. The maximum Gasteiger partial charge on any atom is 0.255 e. The van der Waals surface area contributed by atoms with Gasteiger partial charge in [0, 0.05) is 12.6 Å². The van der Waals surface area contributed by atoms with Crippen LogP contribution in [0.3, 0.4) is 0 Å². The predicted molar refractivity (Wildman–Crippen MR) is 78.1 cm³/mol. The maximum atomic E-state index is 6.21. The highest BCUT2D eigenvalue weighted by atomic mass is 16.5. The zero-order valence-electron chi connectivity index (χ0n) is 13.0. The van der Waals surface area contributed by atoms with E-state index in [0.717, 1.165) is 43.9 Å². The van der Waals surface area contributed by atoms with Gasteiger partial charge in [0.15, 0.2) is 5.82 Å². The Balaban J connectivity index is 1.41. The molecular formula is C16H21N3O3. The average molecular weight is 303 g/mol. The molecule has 0 saturated carbocycles. The number of ether oxygens (including phenoxy) is 1. The van der Waals surface area contributed by atoms with Crippen LogP contribution in [0.25, 0.3) is 0 Å². The topological polar surface area (TPSA) is 64.5 Å². The van der Waals surface area contributed by atoms with E-state index in [1.807, 2.05) is 19.9 Å². The third-order valence-electron chi connectivity index (χ3n) is 4.64. The van der Waals surface area contributed by atoms with Crippen LogP contribution in [0.1, 0.15) is 48.6 Å². The Bertz CT molecular complexity index is 651. The minimum absolute atomic E-state index is 0.0479. The lowest BCUT2D eigenvalue weighted by atomic mass is 9.99. The molecule has 0 N–H and O–H groups in total. The Morgan fingerprint density at radius 1 is 1.23 bits per heavy atom. The van der Waals surface area contributed by atoms with Gasteiger partial charge in [0.2, 0.25) is 0 Å². The summed E-state index contributed by atoms with van der Waals surface area (Å²) >= 11 is 0. The third kappa shape index (κ3) is 2.57. The maximum absolute atomic E-state index is 6.21. The van der Waals surface area contributed by atoms with E-state index < -0.39 is 0 Å². The number of furan rings is 1. The first-order valence-corrected chi connectivity index (χ1v) is 7.94. The molecule has 2 aliphatic heterocycles. The fourth-order valence-electron chi connectivity index (χ4n) is 3.61. The van der Waals surface area contributed by atoms with Crippen molar-refractivity contribution in [2.24, 2.45) is 0 Å². The Kier molecular flexibility index (Phi) is 3.50. The first-order valence-electron chi connectivity index (χ1n) is 7.94. The summed E-state index contributed by atoms with van der Waals surface area (Å²) in [6, 6.07) is 4.55. The van der Waals surface area contributed by atoms with Crippen molar-refractivity contribution in [2.45, 2.75) is 57.9 Å². The number of likely N-dealkylation sites (tertiary alicyclic amines) is 1. The Hall–Kier alpha value is -1.66. The fraction of sp³-hybridized carbons (Fsp3) is 0.625. The summed E-state index contributed by atoms with van der Waals surface area (Å²) in [5.41, 5.74) is 0. The zero-order chi connectivity index (χ0) is 15.1. The number of fused-ring (bicyclic) bond motifs is 1. The van der Waals surface area contributed by atoms with Crippen molar-refractivity contribution in [3.05, 3.63) is 35.4 Å². The number of nitrogens with zero attached hydrogens (tertiary/aromatic N) is 3. The highest BCUT2D eigenvalue weighted by molar-refractivity contribution is 5.07. The Morgan fingerprint density at radius 3 is 2.86 bits per heavy atom. The highest BCUT2D eigenvalue weighted by Crippen LogP contribution is 2.38. The van der Waals surface area contributed by atoms with Gasteiger partial charge in [0.1, 0.15) is 17.6 Å². The first-order chi connectivity index (χ1) is 10.7. The number of aryl methyl sites for hydroxylation is 2. The van der Waals surface area contributed by atoms with Gasteiger partial charge in [-0.2, -0.15) is 4.98 Å². The lowest BCUT2D eigenvalue weighted by molar-refractivity contribution is -0.0836. The lowest BCUT2D eigenvalue weighted by Crippen LogP contribution is -2.40. The van der Waals surface area contributed by atoms with Crippen LogP contribution >= 0.6 is 0 Å². The van der Waals surface area contributed by atoms with Crippen molar-refractivity contribution in [2.75, 3.05) is 6.54 Å². The molecule has 0 aliphatic carbocycles. The summed E-state index contributed by atoms with van der Waals surface area (Å²) in [6.07, 6.45) is 3.27. The smallest absolute Gasteiger partial charge is 0.255 e. The lowest BCUT2D eigenvalue weighted by Gasteiger charge is -2.34. The van der Waals surface area contributed by atoms with Gasteiger partial charge in [-0.25, -0.2) is 0 Å². The minimum Gasteiger partial charge on any atom is -0.465 e. The summed E-state index contributed by atoms with van der Waals surface area (Å²) in [6.45, 7) is 5.73. The molecule has 4 heterocycles. The van der Waals surface area contributed by atoms with Crippen molar-refractivity contribution in [1.82, 2.24) is 15.0 Å². The van der Waals surface area contributed by atoms with Crippen molar-refractivity contribution in [1.29, 1.82) is 0 Å². The molecule has 0 aromatic carbocycles. The molecule has 2 saturated heterocycles. The summed E-state index contributed by atoms with van der Waals surface area (Å²) in [5.74, 6) is 3.29. The molecule has 0 amide bonds. The van der Waals surface area contributed by atoms with Gasteiger partial charge >= 0.3 is 0 Å². The van der Waals surface area contributed by atoms with E-state index in [2.05, 4.69) is 21.1 Å². The molecule has 118 valence electrons. The van der Waals surface area contributed by atoms with Crippen molar-refractivity contribution >= 4 is 0 Å². The van der Waals surface area contributed by atoms with E-state index >= 15 is 0 Å². The van der Waals surface area contributed by atoms with E-state index in [1.165, 1.54) is 0 Å². The normalized spacial score (nSPS) is 28.9. The van der Waals surface area contributed by atoms with Gasteiger partial charge in [0.05, 0.1) is 12.6 Å². The fourth-order valence-corrected chi connectivity index (χ4v) is 3.61. The molecule has 6 nitrogen and oxygen atoms in total. The number of hydrogen-bond donors (Lipinski definition) is 0. The van der Waals surface area contributed by atoms with Gasteiger partial charge in [-0.15, -0.1) is 0 Å². The quantitative estimate of drug-likeness (QED) is 0.868. The van der Waals surface area contributed by atoms with Crippen LogP contribution in [0, 0.1) is 13.8 Å². The van der Waals surface area contributed by atoms with Gasteiger partial charge < -0.3 is 13.7 Å². The van der Waals surface area contributed by atoms with Gasteiger partial charge in [0.25, 0.3) is 5.89 Å². The Labute approximate surface area is 129 Å². The van der Waals surface area contributed by atoms with E-state index in [1.54, 1.807) is 0 Å². The molecule has 2 aromatic heterocycles. The van der Waals surface area contributed by atoms with Crippen LogP contribution in [-0.4, -0.2) is 33.7 Å². The molecule has 2 aliphatic rings. The second kappa shape index (κ2) is 5.52. The molecule has 4 rings (SSSR count). The van der Waals surface area contributed by atoms with E-state index in [4.69, 9.17) is 13.7 Å². The molecule has 3 atom stereocenters. The van der Waals surface area contributed by atoms with E-state index in [0.29, 0.717) is 17.8 Å². The largest absolute Gasteiger partial charge is 0.465 e. The standard InChI is InChI=1S/C16H21N3O3/c1-10-3-4-12(20-10)9-19-8-7-14-13(19)5-6-15(21-14)16-17-11(2)18-22-16/h3-4,13-15H,5-9H2,1-2H3/t13-,14-,15-/m0/s1. The van der Waals surface area contributed by atoms with Gasteiger partial charge in [-0.1, -0.05) is 5.16 Å². The number of rotatable bonds is 3. The molecule has 22 heavy (non-hydrogen) atoms. The van der Waals surface area contributed by atoms with Gasteiger partial charge in [-0.3, -0.25) is 4.90 Å². The van der Waals surface area contributed by atoms with Crippen molar-refractivity contribution in [3.63, 3.8) is 0 Å². The van der Waals surface area contributed by atoms with Crippen LogP contribution in [-0.2, 0) is 11.3 Å². The van der Waals surface area contributed by atoms with Crippen LogP contribution in [0.5, 0.6) is 0 Å².